The highest BCUT2D eigenvalue weighted by molar-refractivity contribution is 7.12. The predicted molar refractivity (Wildman–Crippen MR) is 164 cm³/mol. The number of hydrogen-bond donors (Lipinski definition) is 0. The van der Waals surface area contributed by atoms with Crippen LogP contribution in [0.2, 0.25) is 0 Å². The van der Waals surface area contributed by atoms with E-state index in [0.717, 1.165) is 29.9 Å². The van der Waals surface area contributed by atoms with Crippen molar-refractivity contribution in [1.29, 1.82) is 0 Å². The average molecular weight is 591 g/mol. The first kappa shape index (κ1) is 29.8. The molecule has 0 N–H and O–H groups in total. The van der Waals surface area contributed by atoms with Crippen LogP contribution in [0.25, 0.3) is 0 Å². The van der Waals surface area contributed by atoms with Gasteiger partial charge in [0.2, 0.25) is 0 Å². The van der Waals surface area contributed by atoms with Gasteiger partial charge in [-0.05, 0) is 65.7 Å². The van der Waals surface area contributed by atoms with Crippen molar-refractivity contribution in [3.63, 3.8) is 0 Å². The first-order valence-corrected chi connectivity index (χ1v) is 15.1. The summed E-state index contributed by atoms with van der Waals surface area (Å²) in [5, 5.41) is 8.30. The number of amides is 2. The van der Waals surface area contributed by atoms with Crippen LogP contribution in [0.1, 0.15) is 44.4 Å². The van der Waals surface area contributed by atoms with Crippen molar-refractivity contribution in [3.05, 3.63) is 81.0 Å². The Hall–Kier alpha value is -3.73. The van der Waals surface area contributed by atoms with Gasteiger partial charge in [0.1, 0.15) is 6.54 Å². The summed E-state index contributed by atoms with van der Waals surface area (Å²) in [5.74, 6) is 0.817. The summed E-state index contributed by atoms with van der Waals surface area (Å²) in [6, 6.07) is 15.2. The lowest BCUT2D eigenvalue weighted by atomic mass is 9.96. The third-order valence-corrected chi connectivity index (χ3v) is 8.79. The van der Waals surface area contributed by atoms with Crippen LogP contribution in [0.15, 0.2) is 59.0 Å². The third kappa shape index (κ3) is 6.67. The zero-order valence-electron chi connectivity index (χ0n) is 24.7. The van der Waals surface area contributed by atoms with E-state index in [1.807, 2.05) is 29.6 Å². The largest absolute Gasteiger partial charge is 0.493 e. The Morgan fingerprint density at radius 2 is 1.81 bits per heavy atom. The number of rotatable bonds is 10. The standard InChI is InChI=1S/C32H38N4O5S/c1-22-7-8-24(18-23(22)2)26-20-27(25-9-10-28(39-3)29(19-25)40-4)36(33-26)31(37)21-35(32(38)30-6-5-17-42-30)12-11-34-13-15-41-16-14-34/h5-10,17-19,27H,11-16,20-21H2,1-4H3/t27-/m1/s1. The van der Waals surface area contributed by atoms with Gasteiger partial charge in [-0.2, -0.15) is 5.10 Å². The van der Waals surface area contributed by atoms with E-state index in [0.29, 0.717) is 49.1 Å². The number of hydrazone groups is 1. The maximum Gasteiger partial charge on any atom is 0.264 e. The Morgan fingerprint density at radius 1 is 1.02 bits per heavy atom. The van der Waals surface area contributed by atoms with Crippen molar-refractivity contribution in [3.8, 4) is 11.5 Å². The molecule has 2 aromatic carbocycles. The molecule has 9 nitrogen and oxygen atoms in total. The summed E-state index contributed by atoms with van der Waals surface area (Å²) < 4.78 is 16.5. The van der Waals surface area contributed by atoms with Gasteiger partial charge in [0.05, 0.1) is 44.1 Å². The van der Waals surface area contributed by atoms with E-state index in [2.05, 4.69) is 36.9 Å². The fourth-order valence-corrected chi connectivity index (χ4v) is 5.98. The van der Waals surface area contributed by atoms with Crippen molar-refractivity contribution in [1.82, 2.24) is 14.8 Å². The molecule has 0 saturated carbocycles. The Labute approximate surface area is 251 Å². The van der Waals surface area contributed by atoms with E-state index in [1.54, 1.807) is 30.2 Å². The van der Waals surface area contributed by atoms with Crippen LogP contribution in [0.4, 0.5) is 0 Å². The predicted octanol–water partition coefficient (Wildman–Crippen LogP) is 4.53. The van der Waals surface area contributed by atoms with Crippen molar-refractivity contribution in [2.45, 2.75) is 26.3 Å². The second kappa shape index (κ2) is 13.5. The fraction of sp³-hybridized carbons (Fsp3) is 0.406. The Kier molecular flexibility index (Phi) is 9.56. The smallest absolute Gasteiger partial charge is 0.264 e. The van der Waals surface area contributed by atoms with Gasteiger partial charge in [0.15, 0.2) is 11.5 Å². The molecule has 2 aliphatic rings. The summed E-state index contributed by atoms with van der Waals surface area (Å²) in [4.78, 5) is 32.2. The van der Waals surface area contributed by atoms with Gasteiger partial charge in [-0.3, -0.25) is 14.5 Å². The Bertz CT molecular complexity index is 1430. The molecule has 2 aliphatic heterocycles. The van der Waals surface area contributed by atoms with Gasteiger partial charge in [-0.15, -0.1) is 11.3 Å². The fourth-order valence-electron chi connectivity index (χ4n) is 5.29. The molecule has 2 amide bonds. The van der Waals surface area contributed by atoms with Crippen molar-refractivity contribution in [2.24, 2.45) is 5.10 Å². The monoisotopic (exact) mass is 590 g/mol. The zero-order chi connectivity index (χ0) is 29.6. The minimum absolute atomic E-state index is 0.0748. The number of hydrogen-bond acceptors (Lipinski definition) is 8. The number of carbonyl (C=O) groups is 2. The number of nitrogens with zero attached hydrogens (tertiary/aromatic N) is 4. The minimum Gasteiger partial charge on any atom is -0.493 e. The van der Waals surface area contributed by atoms with Gasteiger partial charge < -0.3 is 19.1 Å². The highest BCUT2D eigenvalue weighted by atomic mass is 32.1. The molecule has 3 heterocycles. The zero-order valence-corrected chi connectivity index (χ0v) is 25.5. The molecule has 1 fully saturated rings. The van der Waals surface area contributed by atoms with Crippen molar-refractivity contribution in [2.75, 3.05) is 60.2 Å². The van der Waals surface area contributed by atoms with Crippen molar-refractivity contribution < 1.29 is 23.8 Å². The molecule has 42 heavy (non-hydrogen) atoms. The van der Waals surface area contributed by atoms with Gasteiger partial charge in [-0.1, -0.05) is 24.3 Å². The summed E-state index contributed by atoms with van der Waals surface area (Å²) in [6.45, 7) is 8.16. The molecule has 0 bridgehead atoms. The SMILES string of the molecule is COc1ccc([C@H]2CC(c3ccc(C)c(C)c3)=NN2C(=O)CN(CCN2CCOCC2)C(=O)c2cccs2)cc1OC. The lowest BCUT2D eigenvalue weighted by Gasteiger charge is -2.31. The van der Waals surface area contributed by atoms with E-state index < -0.39 is 0 Å². The molecular formula is C32H38N4O5S. The summed E-state index contributed by atoms with van der Waals surface area (Å²) in [7, 11) is 3.19. The molecule has 10 heteroatoms. The van der Waals surface area contributed by atoms with Gasteiger partial charge in [-0.25, -0.2) is 5.01 Å². The van der Waals surface area contributed by atoms with Crippen LogP contribution in [0, 0.1) is 13.8 Å². The van der Waals surface area contributed by atoms with Gasteiger partial charge >= 0.3 is 0 Å². The lowest BCUT2D eigenvalue weighted by Crippen LogP contribution is -2.46. The van der Waals surface area contributed by atoms with Gasteiger partial charge in [0.25, 0.3) is 11.8 Å². The molecule has 1 aromatic heterocycles. The van der Waals surface area contributed by atoms with Crippen LogP contribution >= 0.6 is 11.3 Å². The first-order valence-electron chi connectivity index (χ1n) is 14.2. The molecule has 0 unspecified atom stereocenters. The summed E-state index contributed by atoms with van der Waals surface area (Å²) in [6.07, 6.45) is 0.538. The highest BCUT2D eigenvalue weighted by Gasteiger charge is 2.35. The molecule has 0 aliphatic carbocycles. The van der Waals surface area contributed by atoms with E-state index in [4.69, 9.17) is 19.3 Å². The maximum absolute atomic E-state index is 14.1. The van der Waals surface area contributed by atoms with Gasteiger partial charge in [0, 0.05) is 32.6 Å². The van der Waals surface area contributed by atoms with Crippen LogP contribution in [-0.2, 0) is 9.53 Å². The van der Waals surface area contributed by atoms with E-state index in [9.17, 15) is 9.59 Å². The van der Waals surface area contributed by atoms with Crippen LogP contribution in [0.3, 0.4) is 0 Å². The average Bonchev–Trinajstić information content (AvgIpc) is 3.72. The van der Waals surface area contributed by atoms with E-state index >= 15 is 0 Å². The second-order valence-corrected chi connectivity index (χ2v) is 11.5. The van der Waals surface area contributed by atoms with Crippen LogP contribution in [0.5, 0.6) is 11.5 Å². The number of ether oxygens (including phenoxy) is 3. The number of aryl methyl sites for hydroxylation is 2. The number of methoxy groups -OCH3 is 2. The topological polar surface area (TPSA) is 83.9 Å². The molecule has 5 rings (SSSR count). The maximum atomic E-state index is 14.1. The number of benzene rings is 2. The molecular weight excluding hydrogens is 552 g/mol. The molecule has 1 saturated heterocycles. The van der Waals surface area contributed by atoms with Crippen molar-refractivity contribution >= 4 is 28.9 Å². The lowest BCUT2D eigenvalue weighted by molar-refractivity contribution is -0.133. The summed E-state index contributed by atoms with van der Waals surface area (Å²) in [5.41, 5.74) is 5.06. The quantitative estimate of drug-likeness (QED) is 0.345. The molecule has 3 aromatic rings. The number of morpholine rings is 1. The normalized spacial score (nSPS) is 17.2. The van der Waals surface area contributed by atoms with E-state index in [-0.39, 0.29) is 24.4 Å². The second-order valence-electron chi connectivity index (χ2n) is 10.6. The number of thiophene rings is 1. The Morgan fingerprint density at radius 3 is 2.50 bits per heavy atom. The van der Waals surface area contributed by atoms with Crippen LogP contribution in [-0.4, -0.2) is 92.5 Å². The molecule has 222 valence electrons. The first-order chi connectivity index (χ1) is 20.4. The minimum atomic E-state index is -0.355. The van der Waals surface area contributed by atoms with Crippen LogP contribution < -0.4 is 9.47 Å². The summed E-state index contributed by atoms with van der Waals surface area (Å²) >= 11 is 1.38. The number of carbonyl (C=O) groups excluding carboxylic acids is 2. The molecule has 0 spiro atoms. The third-order valence-electron chi connectivity index (χ3n) is 7.93. The molecule has 1 atom stereocenters. The van der Waals surface area contributed by atoms with E-state index in [1.165, 1.54) is 22.5 Å². The Balaban J connectivity index is 1.44. The highest BCUT2D eigenvalue weighted by Crippen LogP contribution is 2.37. The molecule has 0 radical (unpaired) electrons.